The Balaban J connectivity index is 1.84. The second-order valence-corrected chi connectivity index (χ2v) is 6.66. The van der Waals surface area contributed by atoms with E-state index in [1.807, 2.05) is 24.3 Å². The number of pyridine rings is 1. The summed E-state index contributed by atoms with van der Waals surface area (Å²) in [6.07, 6.45) is 3.40. The van der Waals surface area contributed by atoms with Crippen LogP contribution in [-0.2, 0) is 6.54 Å². The number of para-hydroxylation sites is 1. The van der Waals surface area contributed by atoms with Crippen molar-refractivity contribution in [1.82, 2.24) is 9.97 Å². The predicted molar refractivity (Wildman–Crippen MR) is 101 cm³/mol. The van der Waals surface area contributed by atoms with Crippen molar-refractivity contribution in [3.05, 3.63) is 83.9 Å². The maximum absolute atomic E-state index is 14.5. The normalized spacial score (nSPS) is 10.6. The standard InChI is InChI=1S/C20H13FN4S/c21-16-7-3-4-8-18(16)25(13-15-6-2-1-5-14(15)11-22)20-24-17-12-23-10-9-19(17)26-20/h1-10,12H,13H2. The second kappa shape index (κ2) is 6.90. The number of fused-ring (bicyclic) bond motifs is 1. The van der Waals surface area contributed by atoms with Gasteiger partial charge < -0.3 is 4.90 Å². The van der Waals surface area contributed by atoms with Gasteiger partial charge in [-0.05, 0) is 29.8 Å². The summed E-state index contributed by atoms with van der Waals surface area (Å²) in [6, 6.07) is 18.0. The van der Waals surface area contributed by atoms with Gasteiger partial charge in [-0.15, -0.1) is 0 Å². The Kier molecular flexibility index (Phi) is 4.30. The molecular formula is C20H13FN4S. The van der Waals surface area contributed by atoms with E-state index in [0.29, 0.717) is 22.9 Å². The Labute approximate surface area is 153 Å². The van der Waals surface area contributed by atoms with Gasteiger partial charge >= 0.3 is 0 Å². The Morgan fingerprint density at radius 1 is 1.08 bits per heavy atom. The fourth-order valence-corrected chi connectivity index (χ4v) is 3.69. The van der Waals surface area contributed by atoms with E-state index in [-0.39, 0.29) is 5.82 Å². The average molecular weight is 360 g/mol. The number of hydrogen-bond donors (Lipinski definition) is 0. The number of rotatable bonds is 4. The summed E-state index contributed by atoms with van der Waals surface area (Å²) >= 11 is 1.47. The van der Waals surface area contributed by atoms with Crippen LogP contribution in [0.25, 0.3) is 10.2 Å². The molecule has 0 saturated carbocycles. The van der Waals surface area contributed by atoms with Crippen LogP contribution in [0.1, 0.15) is 11.1 Å². The van der Waals surface area contributed by atoms with Crippen LogP contribution in [0.3, 0.4) is 0 Å². The summed E-state index contributed by atoms with van der Waals surface area (Å²) in [5.41, 5.74) is 2.57. The summed E-state index contributed by atoms with van der Waals surface area (Å²) in [5, 5.41) is 10.0. The monoisotopic (exact) mass is 360 g/mol. The minimum Gasteiger partial charge on any atom is -0.311 e. The minimum atomic E-state index is -0.334. The van der Waals surface area contributed by atoms with Crippen molar-refractivity contribution in [3.8, 4) is 6.07 Å². The topological polar surface area (TPSA) is 52.8 Å². The van der Waals surface area contributed by atoms with Crippen molar-refractivity contribution in [2.24, 2.45) is 0 Å². The zero-order valence-corrected chi connectivity index (χ0v) is 14.4. The van der Waals surface area contributed by atoms with Gasteiger partial charge in [0.2, 0.25) is 0 Å². The van der Waals surface area contributed by atoms with Gasteiger partial charge in [-0.1, -0.05) is 41.7 Å². The van der Waals surface area contributed by atoms with Gasteiger partial charge in [-0.2, -0.15) is 5.26 Å². The third kappa shape index (κ3) is 3.01. The summed E-state index contributed by atoms with van der Waals surface area (Å²) < 4.78 is 15.5. The molecule has 2 aromatic heterocycles. The average Bonchev–Trinajstić information content (AvgIpc) is 3.11. The van der Waals surface area contributed by atoms with Crippen LogP contribution in [0.5, 0.6) is 0 Å². The molecule has 2 heterocycles. The first kappa shape index (κ1) is 16.2. The van der Waals surface area contributed by atoms with Crippen molar-refractivity contribution in [3.63, 3.8) is 0 Å². The summed E-state index contributed by atoms with van der Waals surface area (Å²) in [5.74, 6) is -0.334. The number of nitriles is 1. The Morgan fingerprint density at radius 2 is 1.88 bits per heavy atom. The molecule has 0 aliphatic carbocycles. The molecule has 0 N–H and O–H groups in total. The smallest absolute Gasteiger partial charge is 0.191 e. The van der Waals surface area contributed by atoms with Crippen LogP contribution < -0.4 is 4.90 Å². The highest BCUT2D eigenvalue weighted by Gasteiger charge is 2.19. The maximum atomic E-state index is 14.5. The first-order valence-electron chi connectivity index (χ1n) is 7.97. The molecule has 0 fully saturated rings. The van der Waals surface area contributed by atoms with Gasteiger partial charge in [0.15, 0.2) is 5.13 Å². The lowest BCUT2D eigenvalue weighted by Gasteiger charge is -2.23. The van der Waals surface area contributed by atoms with E-state index >= 15 is 0 Å². The molecule has 0 unspecified atom stereocenters. The fourth-order valence-electron chi connectivity index (χ4n) is 2.75. The van der Waals surface area contributed by atoms with Crippen molar-refractivity contribution in [2.75, 3.05) is 4.90 Å². The molecule has 0 spiro atoms. The summed E-state index contributed by atoms with van der Waals surface area (Å²) in [7, 11) is 0. The van der Waals surface area contributed by atoms with Gasteiger partial charge in [0.1, 0.15) is 11.3 Å². The maximum Gasteiger partial charge on any atom is 0.191 e. The molecule has 6 heteroatoms. The second-order valence-electron chi connectivity index (χ2n) is 5.65. The summed E-state index contributed by atoms with van der Waals surface area (Å²) in [4.78, 5) is 10.5. The molecule has 0 aliphatic rings. The number of aromatic nitrogens is 2. The number of halogens is 1. The van der Waals surface area contributed by atoms with Gasteiger partial charge in [-0.3, -0.25) is 4.98 Å². The molecule has 0 aliphatic heterocycles. The third-order valence-electron chi connectivity index (χ3n) is 4.02. The first-order chi connectivity index (χ1) is 12.8. The Bertz CT molecular complexity index is 1080. The van der Waals surface area contributed by atoms with E-state index in [4.69, 9.17) is 0 Å². The van der Waals surface area contributed by atoms with Crippen LogP contribution in [-0.4, -0.2) is 9.97 Å². The van der Waals surface area contributed by atoms with Gasteiger partial charge in [0.25, 0.3) is 0 Å². The number of anilines is 2. The van der Waals surface area contributed by atoms with Gasteiger partial charge in [-0.25, -0.2) is 9.37 Å². The molecule has 126 valence electrons. The third-order valence-corrected chi connectivity index (χ3v) is 5.08. The lowest BCUT2D eigenvalue weighted by atomic mass is 10.1. The molecule has 26 heavy (non-hydrogen) atoms. The Hall–Kier alpha value is -3.30. The number of thiazole rings is 1. The highest BCUT2D eigenvalue weighted by molar-refractivity contribution is 7.22. The lowest BCUT2D eigenvalue weighted by molar-refractivity contribution is 0.624. The van der Waals surface area contributed by atoms with Crippen LogP contribution in [0, 0.1) is 17.1 Å². The van der Waals surface area contributed by atoms with Crippen molar-refractivity contribution in [2.45, 2.75) is 6.54 Å². The fraction of sp³-hybridized carbons (Fsp3) is 0.0500. The zero-order chi connectivity index (χ0) is 17.9. The van der Waals surface area contributed by atoms with Crippen LogP contribution in [0.15, 0.2) is 67.0 Å². The van der Waals surface area contributed by atoms with Crippen molar-refractivity contribution >= 4 is 32.4 Å². The van der Waals surface area contributed by atoms with Crippen LogP contribution >= 0.6 is 11.3 Å². The molecule has 0 atom stereocenters. The predicted octanol–water partition coefficient (Wildman–Crippen LogP) is 5.04. The molecule has 0 bridgehead atoms. The van der Waals surface area contributed by atoms with E-state index < -0.39 is 0 Å². The van der Waals surface area contributed by atoms with E-state index in [2.05, 4.69) is 16.0 Å². The largest absolute Gasteiger partial charge is 0.311 e. The van der Waals surface area contributed by atoms with E-state index in [1.165, 1.54) is 17.4 Å². The molecular weight excluding hydrogens is 347 g/mol. The highest BCUT2D eigenvalue weighted by atomic mass is 32.1. The molecule has 4 rings (SSSR count). The lowest BCUT2D eigenvalue weighted by Crippen LogP contribution is -2.18. The summed E-state index contributed by atoms with van der Waals surface area (Å²) in [6.45, 7) is 0.345. The number of hydrogen-bond acceptors (Lipinski definition) is 5. The van der Waals surface area contributed by atoms with Gasteiger partial charge in [0, 0.05) is 6.20 Å². The van der Waals surface area contributed by atoms with Crippen LogP contribution in [0.4, 0.5) is 15.2 Å². The zero-order valence-electron chi connectivity index (χ0n) is 13.6. The quantitative estimate of drug-likeness (QED) is 0.511. The Morgan fingerprint density at radius 3 is 2.69 bits per heavy atom. The molecule has 0 saturated heterocycles. The minimum absolute atomic E-state index is 0.334. The number of nitrogens with zero attached hydrogens (tertiary/aromatic N) is 4. The van der Waals surface area contributed by atoms with E-state index in [0.717, 1.165) is 15.8 Å². The SMILES string of the molecule is N#Cc1ccccc1CN(c1nc2cnccc2s1)c1ccccc1F. The van der Waals surface area contributed by atoms with Crippen molar-refractivity contribution < 1.29 is 4.39 Å². The molecule has 4 aromatic rings. The van der Waals surface area contributed by atoms with E-state index in [1.54, 1.807) is 41.6 Å². The van der Waals surface area contributed by atoms with Gasteiger partial charge in [0.05, 0.1) is 34.8 Å². The van der Waals surface area contributed by atoms with Crippen molar-refractivity contribution in [1.29, 1.82) is 5.26 Å². The molecule has 0 amide bonds. The molecule has 4 nitrogen and oxygen atoms in total. The van der Waals surface area contributed by atoms with Crippen LogP contribution in [0.2, 0.25) is 0 Å². The molecule has 2 aromatic carbocycles. The van der Waals surface area contributed by atoms with E-state index in [9.17, 15) is 9.65 Å². The first-order valence-corrected chi connectivity index (χ1v) is 8.78. The molecule has 0 radical (unpaired) electrons. The number of benzene rings is 2. The highest BCUT2D eigenvalue weighted by Crippen LogP contribution is 2.35.